The monoisotopic (exact) mass is 375 g/mol. The molecule has 0 saturated heterocycles. The molecule has 1 heterocycles. The molecule has 1 aliphatic heterocycles. The number of hydrogen-bond donors (Lipinski definition) is 2. The number of urea groups is 1. The molecule has 8 nitrogen and oxygen atoms in total. The van der Waals surface area contributed by atoms with Gasteiger partial charge in [-0.2, -0.15) is 0 Å². The molecule has 2 N–H and O–H groups in total. The molecule has 1 aromatic carbocycles. The van der Waals surface area contributed by atoms with Crippen LogP contribution in [0.5, 0.6) is 0 Å². The van der Waals surface area contributed by atoms with Crippen LogP contribution in [-0.2, 0) is 14.3 Å². The normalized spacial score (nSPS) is 16.3. The fourth-order valence-electron chi connectivity index (χ4n) is 2.69. The highest BCUT2D eigenvalue weighted by Crippen LogP contribution is 2.18. The van der Waals surface area contributed by atoms with Gasteiger partial charge >= 0.3 is 18.0 Å². The number of nitrogens with one attached hydrogen (secondary N) is 2. The molecule has 0 bridgehead atoms. The SMILES string of the molecule is CCOC(=O)C1=C(COC(=O)c2ccc(N(C)C)cc2)NC(=O)N[C@@H]1CC. The van der Waals surface area contributed by atoms with E-state index in [1.54, 1.807) is 31.2 Å². The Hall–Kier alpha value is -3.03. The molecule has 1 atom stereocenters. The molecule has 0 radical (unpaired) electrons. The minimum atomic E-state index is -0.545. The van der Waals surface area contributed by atoms with Gasteiger partial charge in [0.25, 0.3) is 0 Å². The number of amides is 2. The molecular formula is C19H25N3O5. The standard InChI is InChI=1S/C19H25N3O5/c1-5-14-16(18(24)26-6-2)15(21-19(25)20-14)11-27-17(23)12-7-9-13(10-8-12)22(3)4/h7-10,14H,5-6,11H2,1-4H3,(H2,20,21,25)/t14-/m1/s1. The first kappa shape index (κ1) is 20.3. The van der Waals surface area contributed by atoms with E-state index in [2.05, 4.69) is 10.6 Å². The molecule has 27 heavy (non-hydrogen) atoms. The summed E-state index contributed by atoms with van der Waals surface area (Å²) >= 11 is 0. The molecule has 1 aliphatic rings. The van der Waals surface area contributed by atoms with Crippen molar-refractivity contribution < 1.29 is 23.9 Å². The molecule has 1 aromatic rings. The first-order chi connectivity index (χ1) is 12.9. The van der Waals surface area contributed by atoms with Gasteiger partial charge in [0.2, 0.25) is 0 Å². The minimum absolute atomic E-state index is 0.206. The average molecular weight is 375 g/mol. The van der Waals surface area contributed by atoms with Crippen molar-refractivity contribution in [3.63, 3.8) is 0 Å². The van der Waals surface area contributed by atoms with Gasteiger partial charge in [0.05, 0.1) is 29.5 Å². The second kappa shape index (κ2) is 9.07. The van der Waals surface area contributed by atoms with Crippen LogP contribution in [0.25, 0.3) is 0 Å². The van der Waals surface area contributed by atoms with Crippen molar-refractivity contribution in [1.82, 2.24) is 10.6 Å². The summed E-state index contributed by atoms with van der Waals surface area (Å²) in [4.78, 5) is 38.3. The molecule has 0 aliphatic carbocycles. The second-order valence-corrected chi connectivity index (χ2v) is 6.19. The van der Waals surface area contributed by atoms with Crippen LogP contribution in [0.4, 0.5) is 10.5 Å². The van der Waals surface area contributed by atoms with Crippen molar-refractivity contribution in [2.75, 3.05) is 32.2 Å². The molecule has 0 spiro atoms. The number of anilines is 1. The smallest absolute Gasteiger partial charge is 0.338 e. The molecule has 0 saturated carbocycles. The maximum atomic E-state index is 12.3. The van der Waals surface area contributed by atoms with Gasteiger partial charge in [-0.1, -0.05) is 6.92 Å². The number of nitrogens with zero attached hydrogens (tertiary/aromatic N) is 1. The lowest BCUT2D eigenvalue weighted by Crippen LogP contribution is -2.51. The van der Waals surface area contributed by atoms with E-state index in [1.807, 2.05) is 25.9 Å². The van der Waals surface area contributed by atoms with Gasteiger partial charge in [0.15, 0.2) is 0 Å². The Kier molecular flexibility index (Phi) is 6.81. The first-order valence-electron chi connectivity index (χ1n) is 8.79. The van der Waals surface area contributed by atoms with Crippen molar-refractivity contribution in [1.29, 1.82) is 0 Å². The van der Waals surface area contributed by atoms with Crippen molar-refractivity contribution >= 4 is 23.7 Å². The summed E-state index contributed by atoms with van der Waals surface area (Å²) in [5.74, 6) is -1.09. The first-order valence-corrected chi connectivity index (χ1v) is 8.79. The van der Waals surface area contributed by atoms with E-state index in [-0.39, 0.29) is 24.5 Å². The third-order valence-electron chi connectivity index (χ3n) is 4.11. The molecule has 0 unspecified atom stereocenters. The van der Waals surface area contributed by atoms with Gasteiger partial charge in [0, 0.05) is 19.8 Å². The fourth-order valence-corrected chi connectivity index (χ4v) is 2.69. The van der Waals surface area contributed by atoms with Gasteiger partial charge in [-0.3, -0.25) is 0 Å². The van der Waals surface area contributed by atoms with Gasteiger partial charge < -0.3 is 25.0 Å². The van der Waals surface area contributed by atoms with Crippen LogP contribution in [0.3, 0.4) is 0 Å². The van der Waals surface area contributed by atoms with Crippen LogP contribution in [0, 0.1) is 0 Å². The zero-order valence-corrected chi connectivity index (χ0v) is 16.0. The van der Waals surface area contributed by atoms with Gasteiger partial charge in [0.1, 0.15) is 6.61 Å². The van der Waals surface area contributed by atoms with E-state index in [1.165, 1.54) is 0 Å². The topological polar surface area (TPSA) is 97.0 Å². The summed E-state index contributed by atoms with van der Waals surface area (Å²) in [6.07, 6.45) is 0.505. The van der Waals surface area contributed by atoms with E-state index in [0.717, 1.165) is 5.69 Å². The van der Waals surface area contributed by atoms with Gasteiger partial charge in [-0.05, 0) is 37.6 Å². The highest BCUT2D eigenvalue weighted by molar-refractivity contribution is 5.95. The number of ether oxygens (including phenoxy) is 2. The molecule has 2 amide bonds. The number of esters is 2. The van der Waals surface area contributed by atoms with E-state index in [0.29, 0.717) is 12.0 Å². The van der Waals surface area contributed by atoms with Gasteiger partial charge in [-0.25, -0.2) is 14.4 Å². The lowest BCUT2D eigenvalue weighted by atomic mass is 10.0. The maximum Gasteiger partial charge on any atom is 0.338 e. The van der Waals surface area contributed by atoms with E-state index >= 15 is 0 Å². The van der Waals surface area contributed by atoms with Crippen molar-refractivity contribution in [3.8, 4) is 0 Å². The predicted molar refractivity (Wildman–Crippen MR) is 100 cm³/mol. The zero-order valence-electron chi connectivity index (χ0n) is 16.0. The number of carbonyl (C=O) groups is 3. The number of rotatable bonds is 7. The highest BCUT2D eigenvalue weighted by Gasteiger charge is 2.32. The summed E-state index contributed by atoms with van der Waals surface area (Å²) in [5, 5.41) is 5.21. The van der Waals surface area contributed by atoms with Crippen LogP contribution in [0.15, 0.2) is 35.5 Å². The van der Waals surface area contributed by atoms with Crippen molar-refractivity contribution in [2.45, 2.75) is 26.3 Å². The summed E-state index contributed by atoms with van der Waals surface area (Å²) in [6, 6.07) is 5.99. The molecule has 0 aromatic heterocycles. The summed E-state index contributed by atoms with van der Waals surface area (Å²) < 4.78 is 10.4. The lowest BCUT2D eigenvalue weighted by Gasteiger charge is -2.28. The van der Waals surface area contributed by atoms with Crippen molar-refractivity contribution in [3.05, 3.63) is 41.1 Å². The van der Waals surface area contributed by atoms with Crippen LogP contribution < -0.4 is 15.5 Å². The predicted octanol–water partition coefficient (Wildman–Crippen LogP) is 1.82. The summed E-state index contributed by atoms with van der Waals surface area (Å²) in [7, 11) is 3.81. The van der Waals surface area contributed by atoms with Crippen LogP contribution in [-0.4, -0.2) is 51.3 Å². The molecular weight excluding hydrogens is 350 g/mol. The third kappa shape index (κ3) is 4.99. The third-order valence-corrected chi connectivity index (χ3v) is 4.11. The maximum absolute atomic E-state index is 12.3. The highest BCUT2D eigenvalue weighted by atomic mass is 16.5. The molecule has 8 heteroatoms. The van der Waals surface area contributed by atoms with Crippen LogP contribution in [0.2, 0.25) is 0 Å². The van der Waals surface area contributed by atoms with E-state index in [4.69, 9.17) is 9.47 Å². The lowest BCUT2D eigenvalue weighted by molar-refractivity contribution is -0.139. The molecule has 0 fully saturated rings. The minimum Gasteiger partial charge on any atom is -0.463 e. The average Bonchev–Trinajstić information content (AvgIpc) is 2.65. The molecule has 146 valence electrons. The van der Waals surface area contributed by atoms with Crippen LogP contribution in [0.1, 0.15) is 30.6 Å². The Bertz CT molecular complexity index is 740. The Morgan fingerprint density at radius 2 is 1.74 bits per heavy atom. The Morgan fingerprint density at radius 1 is 1.07 bits per heavy atom. The quantitative estimate of drug-likeness (QED) is 0.706. The number of benzene rings is 1. The van der Waals surface area contributed by atoms with Crippen molar-refractivity contribution in [2.24, 2.45) is 0 Å². The van der Waals surface area contributed by atoms with Crippen LogP contribution >= 0.6 is 0 Å². The summed E-state index contributed by atoms with van der Waals surface area (Å²) in [5.41, 5.74) is 1.85. The largest absolute Gasteiger partial charge is 0.463 e. The van der Waals surface area contributed by atoms with E-state index in [9.17, 15) is 14.4 Å². The fraction of sp³-hybridized carbons (Fsp3) is 0.421. The number of carbonyl (C=O) groups excluding carboxylic acids is 3. The Morgan fingerprint density at radius 3 is 2.30 bits per heavy atom. The number of hydrogen-bond acceptors (Lipinski definition) is 6. The second-order valence-electron chi connectivity index (χ2n) is 6.19. The summed E-state index contributed by atoms with van der Waals surface area (Å²) in [6.45, 7) is 3.51. The Balaban J connectivity index is 2.17. The van der Waals surface area contributed by atoms with E-state index < -0.39 is 24.0 Å². The van der Waals surface area contributed by atoms with Gasteiger partial charge in [-0.15, -0.1) is 0 Å². The zero-order chi connectivity index (χ0) is 20.0. The Labute approximate surface area is 158 Å². The molecule has 2 rings (SSSR count).